The van der Waals surface area contributed by atoms with Gasteiger partial charge in [0, 0.05) is 0 Å². The Balaban J connectivity index is 3.42. The van der Waals surface area contributed by atoms with Gasteiger partial charge in [0.15, 0.2) is 0 Å². The number of primary amides is 1. The van der Waals surface area contributed by atoms with E-state index >= 15 is 0 Å². The zero-order chi connectivity index (χ0) is 18.0. The van der Waals surface area contributed by atoms with E-state index in [1.54, 1.807) is 0 Å². The van der Waals surface area contributed by atoms with Crippen LogP contribution in [0.3, 0.4) is 0 Å². The molecule has 0 aromatic heterocycles. The molecule has 0 aliphatic carbocycles. The third-order valence-corrected chi connectivity index (χ3v) is 4.12. The van der Waals surface area contributed by atoms with E-state index in [-0.39, 0.29) is 0 Å². The van der Waals surface area contributed by atoms with Crippen LogP contribution in [-0.4, -0.2) is 23.1 Å². The lowest BCUT2D eigenvalue weighted by Crippen LogP contribution is -2.43. The summed E-state index contributed by atoms with van der Waals surface area (Å²) < 4.78 is 0. The second kappa shape index (κ2) is 16.3. The minimum absolute atomic E-state index is 0.437. The SMILES string of the molecule is CCCCCCCC/C=C\CCCCCCC(NC(N)=O)C(=O)O. The molecule has 24 heavy (non-hydrogen) atoms. The number of allylic oxidation sites excluding steroid dienone is 2. The molecule has 4 N–H and O–H groups in total. The molecule has 0 aromatic rings. The number of nitrogens with two attached hydrogens (primary N) is 1. The lowest BCUT2D eigenvalue weighted by atomic mass is 10.1. The standard InChI is InChI=1S/C19H36N2O3/c1-2-3-4-5-6-7-8-9-10-11-12-13-14-15-16-17(18(22)23)21-19(20)24/h9-10,17H,2-8,11-16H2,1H3,(H,22,23)(H3,20,21,24)/b10-9-. The van der Waals surface area contributed by atoms with Gasteiger partial charge in [-0.25, -0.2) is 9.59 Å². The summed E-state index contributed by atoms with van der Waals surface area (Å²) in [6, 6.07) is -1.64. The summed E-state index contributed by atoms with van der Waals surface area (Å²) in [5.74, 6) is -1.02. The van der Waals surface area contributed by atoms with Crippen molar-refractivity contribution in [3.05, 3.63) is 12.2 Å². The molecule has 5 nitrogen and oxygen atoms in total. The molecule has 0 saturated carbocycles. The van der Waals surface area contributed by atoms with Crippen molar-refractivity contribution in [2.24, 2.45) is 5.73 Å². The number of amides is 2. The van der Waals surface area contributed by atoms with Gasteiger partial charge in [-0.05, 0) is 32.1 Å². The fraction of sp³-hybridized carbons (Fsp3) is 0.789. The van der Waals surface area contributed by atoms with Crippen molar-refractivity contribution in [2.45, 2.75) is 96.4 Å². The highest BCUT2D eigenvalue weighted by Gasteiger charge is 2.17. The topological polar surface area (TPSA) is 92.4 Å². The van der Waals surface area contributed by atoms with E-state index in [9.17, 15) is 9.59 Å². The molecule has 140 valence electrons. The second-order valence-corrected chi connectivity index (χ2v) is 6.42. The van der Waals surface area contributed by atoms with Gasteiger partial charge in [0.25, 0.3) is 0 Å². The molecule has 0 heterocycles. The fourth-order valence-corrected chi connectivity index (χ4v) is 2.67. The van der Waals surface area contributed by atoms with E-state index in [1.165, 1.54) is 44.9 Å². The number of unbranched alkanes of at least 4 members (excludes halogenated alkanes) is 10. The van der Waals surface area contributed by atoms with Crippen molar-refractivity contribution in [2.75, 3.05) is 0 Å². The maximum atomic E-state index is 10.9. The van der Waals surface area contributed by atoms with E-state index in [4.69, 9.17) is 10.8 Å². The van der Waals surface area contributed by atoms with E-state index in [0.29, 0.717) is 6.42 Å². The van der Waals surface area contributed by atoms with Crippen LogP contribution in [-0.2, 0) is 4.79 Å². The lowest BCUT2D eigenvalue weighted by Gasteiger charge is -2.12. The molecule has 2 amide bonds. The number of carboxylic acid groups (broad SMARTS) is 1. The van der Waals surface area contributed by atoms with Gasteiger partial charge in [0.05, 0.1) is 0 Å². The zero-order valence-electron chi connectivity index (χ0n) is 15.3. The monoisotopic (exact) mass is 340 g/mol. The van der Waals surface area contributed by atoms with Crippen LogP contribution in [0.25, 0.3) is 0 Å². The third-order valence-electron chi connectivity index (χ3n) is 4.12. The molecule has 0 fully saturated rings. The van der Waals surface area contributed by atoms with Gasteiger partial charge in [-0.2, -0.15) is 0 Å². The Bertz CT molecular complexity index is 357. The minimum atomic E-state index is -1.02. The number of hydrogen-bond acceptors (Lipinski definition) is 2. The van der Waals surface area contributed by atoms with Crippen molar-refractivity contribution in [3.63, 3.8) is 0 Å². The Morgan fingerprint density at radius 1 is 0.917 bits per heavy atom. The van der Waals surface area contributed by atoms with Crippen molar-refractivity contribution >= 4 is 12.0 Å². The van der Waals surface area contributed by atoms with Gasteiger partial charge in [-0.3, -0.25) is 0 Å². The third kappa shape index (κ3) is 15.4. The summed E-state index contributed by atoms with van der Waals surface area (Å²) in [6.07, 6.45) is 19.3. The highest BCUT2D eigenvalue weighted by molar-refractivity contribution is 5.81. The average Bonchev–Trinajstić information content (AvgIpc) is 2.53. The zero-order valence-corrected chi connectivity index (χ0v) is 15.3. The van der Waals surface area contributed by atoms with Crippen LogP contribution in [0.15, 0.2) is 12.2 Å². The number of carbonyl (C=O) groups is 2. The van der Waals surface area contributed by atoms with Crippen LogP contribution in [0.4, 0.5) is 4.79 Å². The summed E-state index contributed by atoms with van der Waals surface area (Å²) in [7, 11) is 0. The van der Waals surface area contributed by atoms with Crippen LogP contribution in [0.5, 0.6) is 0 Å². The molecule has 5 heteroatoms. The maximum absolute atomic E-state index is 10.9. The largest absolute Gasteiger partial charge is 0.480 e. The molecule has 0 aromatic carbocycles. The van der Waals surface area contributed by atoms with E-state index in [1.807, 2.05) is 0 Å². The number of carboxylic acids is 1. The predicted molar refractivity (Wildman–Crippen MR) is 99.0 cm³/mol. The molecule has 0 spiro atoms. The first-order chi connectivity index (χ1) is 11.6. The Morgan fingerprint density at radius 3 is 1.92 bits per heavy atom. The van der Waals surface area contributed by atoms with Crippen LogP contribution in [0.2, 0.25) is 0 Å². The van der Waals surface area contributed by atoms with Crippen molar-refractivity contribution < 1.29 is 14.7 Å². The van der Waals surface area contributed by atoms with Crippen LogP contribution >= 0.6 is 0 Å². The summed E-state index contributed by atoms with van der Waals surface area (Å²) in [5, 5.41) is 11.2. The Kier molecular flexibility index (Phi) is 15.3. The van der Waals surface area contributed by atoms with Crippen molar-refractivity contribution in [3.8, 4) is 0 Å². The summed E-state index contributed by atoms with van der Waals surface area (Å²) in [5.41, 5.74) is 4.96. The smallest absolute Gasteiger partial charge is 0.326 e. The average molecular weight is 341 g/mol. The summed E-state index contributed by atoms with van der Waals surface area (Å²) in [4.78, 5) is 21.6. The van der Waals surface area contributed by atoms with Crippen LogP contribution in [0, 0.1) is 0 Å². The predicted octanol–water partition coefficient (Wildman–Crippen LogP) is 4.76. The second-order valence-electron chi connectivity index (χ2n) is 6.42. The quantitative estimate of drug-likeness (QED) is 0.279. The molecular weight excluding hydrogens is 304 g/mol. The molecule has 0 bridgehead atoms. The van der Waals surface area contributed by atoms with Crippen molar-refractivity contribution in [1.29, 1.82) is 0 Å². The number of rotatable bonds is 16. The summed E-state index contributed by atoms with van der Waals surface area (Å²) in [6.45, 7) is 2.24. The molecule has 0 aliphatic heterocycles. The van der Waals surface area contributed by atoms with Gasteiger partial charge in [0.2, 0.25) is 0 Å². The molecule has 0 aliphatic rings. The molecule has 1 unspecified atom stereocenters. The van der Waals surface area contributed by atoms with Gasteiger partial charge < -0.3 is 16.2 Å². The highest BCUT2D eigenvalue weighted by atomic mass is 16.4. The highest BCUT2D eigenvalue weighted by Crippen LogP contribution is 2.10. The molecule has 1 atom stereocenters. The summed E-state index contributed by atoms with van der Waals surface area (Å²) >= 11 is 0. The Morgan fingerprint density at radius 2 is 1.42 bits per heavy atom. The lowest BCUT2D eigenvalue weighted by molar-refractivity contribution is -0.139. The van der Waals surface area contributed by atoms with Gasteiger partial charge in [0.1, 0.15) is 6.04 Å². The van der Waals surface area contributed by atoms with E-state index in [0.717, 1.165) is 32.1 Å². The number of hydrogen-bond donors (Lipinski definition) is 3. The minimum Gasteiger partial charge on any atom is -0.480 e. The molecule has 0 saturated heterocycles. The number of carbonyl (C=O) groups excluding carboxylic acids is 1. The van der Waals surface area contributed by atoms with Crippen LogP contribution in [0.1, 0.15) is 90.4 Å². The van der Waals surface area contributed by atoms with E-state index in [2.05, 4.69) is 24.4 Å². The molecular formula is C19H36N2O3. The van der Waals surface area contributed by atoms with Crippen LogP contribution < -0.4 is 11.1 Å². The first kappa shape index (κ1) is 22.5. The van der Waals surface area contributed by atoms with Gasteiger partial charge in [-0.15, -0.1) is 0 Å². The number of nitrogens with one attached hydrogen (secondary N) is 1. The number of urea groups is 1. The first-order valence-electron chi connectivity index (χ1n) is 9.51. The molecule has 0 radical (unpaired) electrons. The van der Waals surface area contributed by atoms with Gasteiger partial charge in [-0.1, -0.05) is 70.4 Å². The van der Waals surface area contributed by atoms with Crippen molar-refractivity contribution in [1.82, 2.24) is 5.32 Å². The fourth-order valence-electron chi connectivity index (χ4n) is 2.67. The normalized spacial score (nSPS) is 12.4. The Hall–Kier alpha value is -1.52. The van der Waals surface area contributed by atoms with E-state index < -0.39 is 18.0 Å². The Labute approximate surface area is 147 Å². The number of aliphatic carboxylic acids is 1. The molecule has 0 rings (SSSR count). The maximum Gasteiger partial charge on any atom is 0.326 e. The first-order valence-corrected chi connectivity index (χ1v) is 9.51. The van der Waals surface area contributed by atoms with Gasteiger partial charge >= 0.3 is 12.0 Å².